The normalized spacial score (nSPS) is 19.1. The van der Waals surface area contributed by atoms with Crippen LogP contribution in [0.15, 0.2) is 24.3 Å². The molecule has 1 aliphatic heterocycles. The topological polar surface area (TPSA) is 67.2 Å². The van der Waals surface area contributed by atoms with Gasteiger partial charge in [0, 0.05) is 12.6 Å². The molecule has 1 atom stereocenters. The predicted molar refractivity (Wildman–Crippen MR) is 114 cm³/mol. The van der Waals surface area contributed by atoms with Crippen LogP contribution in [-0.2, 0) is 16.5 Å². The molecule has 0 aliphatic carbocycles. The van der Waals surface area contributed by atoms with Gasteiger partial charge in [0.1, 0.15) is 0 Å². The summed E-state index contributed by atoms with van der Waals surface area (Å²) >= 11 is 13.0. The van der Waals surface area contributed by atoms with Gasteiger partial charge in [0.15, 0.2) is 13.8 Å². The van der Waals surface area contributed by atoms with Crippen molar-refractivity contribution >= 4 is 55.8 Å². The zero-order valence-electron chi connectivity index (χ0n) is 15.3. The van der Waals surface area contributed by atoms with E-state index in [0.717, 1.165) is 12.2 Å². The van der Waals surface area contributed by atoms with E-state index in [1.54, 1.807) is 4.68 Å². The summed E-state index contributed by atoms with van der Waals surface area (Å²) in [7, 11) is -2.94. The van der Waals surface area contributed by atoms with Gasteiger partial charge in [-0.1, -0.05) is 48.9 Å². The molecular weight excluding hydrogens is 424 g/mol. The van der Waals surface area contributed by atoms with Crippen molar-refractivity contribution < 1.29 is 8.42 Å². The van der Waals surface area contributed by atoms with Crippen LogP contribution in [0.3, 0.4) is 0 Å². The average Bonchev–Trinajstić information content (AvgIpc) is 3.11. The number of halogens is 1. The fourth-order valence-electron chi connectivity index (χ4n) is 3.15. The summed E-state index contributed by atoms with van der Waals surface area (Å²) in [6.45, 7) is 5.53. The number of rotatable bonds is 7. The lowest BCUT2D eigenvalue weighted by atomic mass is 10.1. The number of benzene rings is 1. The van der Waals surface area contributed by atoms with Crippen molar-refractivity contribution in [1.82, 2.24) is 14.7 Å². The molecule has 1 aliphatic rings. The number of hydrogen-bond donors (Lipinski definition) is 1. The van der Waals surface area contributed by atoms with Crippen LogP contribution in [0.25, 0.3) is 0 Å². The molecule has 0 amide bonds. The quantitative estimate of drug-likeness (QED) is 0.643. The molecule has 0 spiro atoms. The van der Waals surface area contributed by atoms with E-state index >= 15 is 0 Å². The summed E-state index contributed by atoms with van der Waals surface area (Å²) in [5, 5.41) is 9.05. The Hall–Kier alpha value is -1.00. The predicted octanol–water partition coefficient (Wildman–Crippen LogP) is 4.17. The van der Waals surface area contributed by atoms with Crippen LogP contribution in [0.5, 0.6) is 0 Å². The van der Waals surface area contributed by atoms with Crippen molar-refractivity contribution in [3.05, 3.63) is 33.2 Å². The highest BCUT2D eigenvalue weighted by atomic mass is 35.5. The molecule has 3 rings (SSSR count). The summed E-state index contributed by atoms with van der Waals surface area (Å²) in [6.07, 6.45) is 0.664. The molecule has 10 heteroatoms. The number of aromatic nitrogens is 2. The van der Waals surface area contributed by atoms with E-state index in [4.69, 9.17) is 23.8 Å². The first-order valence-electron chi connectivity index (χ1n) is 8.77. The minimum absolute atomic E-state index is 0.0148. The van der Waals surface area contributed by atoms with Gasteiger partial charge >= 0.3 is 0 Å². The Bertz CT molecular complexity index is 955. The van der Waals surface area contributed by atoms with Gasteiger partial charge in [-0.2, -0.15) is 0 Å². The van der Waals surface area contributed by atoms with E-state index in [1.807, 2.05) is 24.3 Å². The van der Waals surface area contributed by atoms with Crippen LogP contribution in [0.4, 0.5) is 10.8 Å². The molecule has 2 aromatic rings. The molecule has 148 valence electrons. The highest BCUT2D eigenvalue weighted by molar-refractivity contribution is 7.91. The number of para-hydroxylation sites is 1. The van der Waals surface area contributed by atoms with Crippen LogP contribution in [0.2, 0.25) is 5.02 Å². The summed E-state index contributed by atoms with van der Waals surface area (Å²) < 4.78 is 26.2. The minimum Gasteiger partial charge on any atom is -0.329 e. The monoisotopic (exact) mass is 446 g/mol. The second-order valence-electron chi connectivity index (χ2n) is 7.14. The van der Waals surface area contributed by atoms with Crippen LogP contribution in [0, 0.1) is 9.87 Å². The third-order valence-corrected chi connectivity index (χ3v) is 7.66. The highest BCUT2D eigenvalue weighted by Gasteiger charge is 2.32. The Morgan fingerprint density at radius 1 is 1.44 bits per heavy atom. The average molecular weight is 447 g/mol. The third kappa shape index (κ3) is 5.51. The van der Waals surface area contributed by atoms with Crippen molar-refractivity contribution in [3.63, 3.8) is 0 Å². The van der Waals surface area contributed by atoms with E-state index in [0.29, 0.717) is 33.1 Å². The lowest BCUT2D eigenvalue weighted by molar-refractivity contribution is 0.138. The summed E-state index contributed by atoms with van der Waals surface area (Å²) in [5.41, 5.74) is 0.774. The first-order chi connectivity index (χ1) is 12.7. The molecule has 1 aromatic carbocycles. The van der Waals surface area contributed by atoms with Gasteiger partial charge in [0.2, 0.25) is 5.13 Å². The maximum Gasteiger partial charge on any atom is 0.209 e. The van der Waals surface area contributed by atoms with Crippen molar-refractivity contribution in [2.45, 2.75) is 33.0 Å². The fraction of sp³-hybridized carbons (Fsp3) is 0.529. The number of sulfone groups is 1. The zero-order valence-corrected chi connectivity index (χ0v) is 18.5. The van der Waals surface area contributed by atoms with E-state index in [-0.39, 0.29) is 17.5 Å². The Morgan fingerprint density at radius 3 is 2.81 bits per heavy atom. The van der Waals surface area contributed by atoms with Gasteiger partial charge < -0.3 is 5.32 Å². The Labute approximate surface area is 174 Å². The molecule has 1 saturated heterocycles. The maximum absolute atomic E-state index is 11.9. The number of nitrogens with zero attached hydrogens (tertiary/aromatic N) is 3. The van der Waals surface area contributed by atoms with E-state index in [9.17, 15) is 8.42 Å². The van der Waals surface area contributed by atoms with Crippen molar-refractivity contribution in [3.8, 4) is 0 Å². The smallest absolute Gasteiger partial charge is 0.209 e. The second kappa shape index (κ2) is 8.57. The molecule has 0 radical (unpaired) electrons. The van der Waals surface area contributed by atoms with Crippen LogP contribution >= 0.6 is 35.2 Å². The molecule has 1 N–H and O–H groups in total. The first-order valence-corrected chi connectivity index (χ1v) is 12.2. The van der Waals surface area contributed by atoms with Gasteiger partial charge in [-0.3, -0.25) is 4.90 Å². The summed E-state index contributed by atoms with van der Waals surface area (Å²) in [6, 6.07) is 7.47. The lowest BCUT2D eigenvalue weighted by Crippen LogP contribution is -2.40. The Kier molecular flexibility index (Phi) is 6.58. The van der Waals surface area contributed by atoms with Crippen LogP contribution < -0.4 is 5.32 Å². The third-order valence-electron chi connectivity index (χ3n) is 4.36. The van der Waals surface area contributed by atoms with Crippen molar-refractivity contribution in [1.29, 1.82) is 0 Å². The standard InChI is InChI=1S/C17H23ClN4O2S3/c1-12(2)9-21(13-7-8-27(23,24)10-13)11-22-17(25)26-16(20-22)19-15-6-4-3-5-14(15)18/h3-6,12-13H,7-11H2,1-2H3,(H,19,20)/t13-/m1/s1. The van der Waals surface area contributed by atoms with Crippen molar-refractivity contribution in [2.24, 2.45) is 5.92 Å². The molecule has 1 fully saturated rings. The van der Waals surface area contributed by atoms with E-state index in [2.05, 4.69) is 29.2 Å². The minimum atomic E-state index is -2.94. The molecule has 0 unspecified atom stereocenters. The van der Waals surface area contributed by atoms with E-state index in [1.165, 1.54) is 11.3 Å². The number of hydrogen-bond acceptors (Lipinski definition) is 7. The van der Waals surface area contributed by atoms with E-state index < -0.39 is 9.84 Å². The van der Waals surface area contributed by atoms with Gasteiger partial charge in [-0.05, 0) is 36.7 Å². The zero-order chi connectivity index (χ0) is 19.6. The Morgan fingerprint density at radius 2 is 2.19 bits per heavy atom. The highest BCUT2D eigenvalue weighted by Crippen LogP contribution is 2.27. The first kappa shape index (κ1) is 20.7. The molecule has 0 saturated carbocycles. The summed E-state index contributed by atoms with van der Waals surface area (Å²) in [5.74, 6) is 0.887. The van der Waals surface area contributed by atoms with Crippen molar-refractivity contribution in [2.75, 3.05) is 23.4 Å². The number of anilines is 2. The maximum atomic E-state index is 11.9. The largest absolute Gasteiger partial charge is 0.329 e. The molecule has 6 nitrogen and oxygen atoms in total. The van der Waals surface area contributed by atoms with Gasteiger partial charge in [-0.25, -0.2) is 13.1 Å². The molecule has 0 bridgehead atoms. The summed E-state index contributed by atoms with van der Waals surface area (Å²) in [4.78, 5) is 2.18. The fourth-order valence-corrected chi connectivity index (χ4v) is 6.10. The second-order valence-corrected chi connectivity index (χ2v) is 11.4. The molecule has 27 heavy (non-hydrogen) atoms. The molecule has 1 aromatic heterocycles. The van der Waals surface area contributed by atoms with Crippen LogP contribution in [-0.4, -0.2) is 47.2 Å². The SMILES string of the molecule is CC(C)CN(Cn1nc(Nc2ccccc2Cl)sc1=S)[C@@H]1CCS(=O)(=O)C1. The van der Waals surface area contributed by atoms with Gasteiger partial charge in [-0.15, -0.1) is 5.10 Å². The molecule has 2 heterocycles. The van der Waals surface area contributed by atoms with Crippen LogP contribution in [0.1, 0.15) is 20.3 Å². The number of nitrogens with one attached hydrogen (secondary N) is 1. The van der Waals surface area contributed by atoms with Gasteiger partial charge in [0.05, 0.1) is 28.9 Å². The molecular formula is C17H23ClN4O2S3. The lowest BCUT2D eigenvalue weighted by Gasteiger charge is -2.29. The van der Waals surface area contributed by atoms with Gasteiger partial charge in [0.25, 0.3) is 0 Å². The Balaban J connectivity index is 1.77.